The maximum Gasteiger partial charge on any atom is 0.243 e. The van der Waals surface area contributed by atoms with Gasteiger partial charge in [0.2, 0.25) is 10.0 Å². The van der Waals surface area contributed by atoms with E-state index in [9.17, 15) is 8.42 Å². The van der Waals surface area contributed by atoms with Crippen molar-refractivity contribution in [3.05, 3.63) is 59.7 Å². The number of fused-ring (bicyclic) bond motifs is 1. The van der Waals surface area contributed by atoms with E-state index in [1.165, 1.54) is 4.31 Å². The van der Waals surface area contributed by atoms with Gasteiger partial charge in [-0.1, -0.05) is 24.3 Å². The maximum absolute atomic E-state index is 12.6. The number of benzene rings is 2. The molecule has 1 aliphatic rings. The zero-order valence-corrected chi connectivity index (χ0v) is 12.0. The summed E-state index contributed by atoms with van der Waals surface area (Å²) < 4.78 is 26.7. The molecule has 0 saturated carbocycles. The third-order valence-electron chi connectivity index (χ3n) is 3.59. The average Bonchev–Trinajstić information content (AvgIpc) is 2.92. The molecular weight excluding hydrogens is 272 g/mol. The minimum absolute atomic E-state index is 0.337. The standard InChI is InChI=1S/C15H16N2O2S/c1-16-14-6-8-15(9-7-14)20(18,19)17-10-12-4-2-3-5-13(12)11-17/h2-9,16H,10-11H2,1H3. The smallest absolute Gasteiger partial charge is 0.243 e. The van der Waals surface area contributed by atoms with Crippen LogP contribution < -0.4 is 5.32 Å². The lowest BCUT2D eigenvalue weighted by Crippen LogP contribution is -2.25. The van der Waals surface area contributed by atoms with Gasteiger partial charge in [0.1, 0.15) is 0 Å². The Balaban J connectivity index is 1.90. The predicted octanol–water partition coefficient (Wildman–Crippen LogP) is 2.43. The highest BCUT2D eigenvalue weighted by atomic mass is 32.2. The van der Waals surface area contributed by atoms with Crippen LogP contribution in [0.3, 0.4) is 0 Å². The minimum atomic E-state index is -3.43. The largest absolute Gasteiger partial charge is 0.388 e. The Bertz CT molecular complexity index is 699. The van der Waals surface area contributed by atoms with E-state index < -0.39 is 10.0 Å². The fraction of sp³-hybridized carbons (Fsp3) is 0.200. The third-order valence-corrected chi connectivity index (χ3v) is 5.40. The Morgan fingerprint density at radius 3 is 2.00 bits per heavy atom. The molecule has 1 aliphatic heterocycles. The van der Waals surface area contributed by atoms with Crippen LogP contribution in [0.15, 0.2) is 53.4 Å². The van der Waals surface area contributed by atoms with Gasteiger partial charge in [-0.05, 0) is 35.4 Å². The monoisotopic (exact) mass is 288 g/mol. The average molecular weight is 288 g/mol. The molecule has 0 atom stereocenters. The summed E-state index contributed by atoms with van der Waals surface area (Å²) in [6, 6.07) is 14.7. The molecular formula is C15H16N2O2S. The van der Waals surface area contributed by atoms with Gasteiger partial charge < -0.3 is 5.32 Å². The molecule has 104 valence electrons. The molecule has 0 radical (unpaired) electrons. The molecule has 2 aromatic rings. The number of rotatable bonds is 3. The van der Waals surface area contributed by atoms with E-state index >= 15 is 0 Å². The van der Waals surface area contributed by atoms with Crippen LogP contribution in [0.4, 0.5) is 5.69 Å². The van der Waals surface area contributed by atoms with Crippen molar-refractivity contribution < 1.29 is 8.42 Å². The van der Waals surface area contributed by atoms with E-state index in [0.29, 0.717) is 18.0 Å². The van der Waals surface area contributed by atoms with Crippen LogP contribution in [0.1, 0.15) is 11.1 Å². The second-order valence-corrected chi connectivity index (χ2v) is 6.75. The number of hydrogen-bond donors (Lipinski definition) is 1. The van der Waals surface area contributed by atoms with Gasteiger partial charge in [-0.3, -0.25) is 0 Å². The number of nitrogens with zero attached hydrogens (tertiary/aromatic N) is 1. The zero-order valence-electron chi connectivity index (χ0n) is 11.2. The maximum atomic E-state index is 12.6. The molecule has 0 unspecified atom stereocenters. The summed E-state index contributed by atoms with van der Waals surface area (Å²) in [5.41, 5.74) is 3.07. The topological polar surface area (TPSA) is 49.4 Å². The lowest BCUT2D eigenvalue weighted by molar-refractivity contribution is 0.431. The summed E-state index contributed by atoms with van der Waals surface area (Å²) in [5.74, 6) is 0. The zero-order chi connectivity index (χ0) is 14.2. The fourth-order valence-corrected chi connectivity index (χ4v) is 3.81. The Morgan fingerprint density at radius 1 is 0.950 bits per heavy atom. The lowest BCUT2D eigenvalue weighted by Gasteiger charge is -2.15. The Morgan fingerprint density at radius 2 is 1.50 bits per heavy atom. The normalized spacial score (nSPS) is 15.1. The van der Waals surface area contributed by atoms with Crippen LogP contribution in [0.5, 0.6) is 0 Å². The molecule has 0 amide bonds. The first-order valence-electron chi connectivity index (χ1n) is 6.46. The van der Waals surface area contributed by atoms with E-state index in [-0.39, 0.29) is 0 Å². The molecule has 3 rings (SSSR count). The summed E-state index contributed by atoms with van der Waals surface area (Å²) in [7, 11) is -1.62. The molecule has 5 heteroatoms. The molecule has 0 saturated heterocycles. The molecule has 0 aliphatic carbocycles. The lowest BCUT2D eigenvalue weighted by atomic mass is 10.1. The van der Waals surface area contributed by atoms with Gasteiger partial charge in [-0.15, -0.1) is 0 Å². The van der Waals surface area contributed by atoms with Crippen LogP contribution in [0, 0.1) is 0 Å². The number of nitrogens with one attached hydrogen (secondary N) is 1. The van der Waals surface area contributed by atoms with E-state index in [1.54, 1.807) is 31.3 Å². The van der Waals surface area contributed by atoms with Gasteiger partial charge >= 0.3 is 0 Å². The second kappa shape index (κ2) is 4.92. The first-order chi connectivity index (χ1) is 9.61. The van der Waals surface area contributed by atoms with Gasteiger partial charge in [0, 0.05) is 25.8 Å². The first-order valence-corrected chi connectivity index (χ1v) is 7.90. The van der Waals surface area contributed by atoms with Crippen molar-refractivity contribution in [1.82, 2.24) is 4.31 Å². The van der Waals surface area contributed by atoms with Crippen LogP contribution in [0.2, 0.25) is 0 Å². The molecule has 4 nitrogen and oxygen atoms in total. The molecule has 0 spiro atoms. The molecule has 20 heavy (non-hydrogen) atoms. The van der Waals surface area contributed by atoms with Gasteiger partial charge in [-0.2, -0.15) is 4.31 Å². The highest BCUT2D eigenvalue weighted by Crippen LogP contribution is 2.28. The van der Waals surface area contributed by atoms with Crippen molar-refractivity contribution in [3.8, 4) is 0 Å². The molecule has 1 heterocycles. The molecule has 1 N–H and O–H groups in total. The highest BCUT2D eigenvalue weighted by Gasteiger charge is 2.30. The Kier molecular flexibility index (Phi) is 3.23. The molecule has 0 aromatic heterocycles. The van der Waals surface area contributed by atoms with Crippen molar-refractivity contribution >= 4 is 15.7 Å². The van der Waals surface area contributed by atoms with Gasteiger partial charge in [-0.25, -0.2) is 8.42 Å². The van der Waals surface area contributed by atoms with Crippen LogP contribution >= 0.6 is 0 Å². The summed E-state index contributed by atoms with van der Waals surface area (Å²) in [5, 5.41) is 2.98. The van der Waals surface area contributed by atoms with Crippen molar-refractivity contribution in [3.63, 3.8) is 0 Å². The Hall–Kier alpha value is -1.85. The summed E-state index contributed by atoms with van der Waals surface area (Å²) in [6.07, 6.45) is 0. The molecule has 2 aromatic carbocycles. The van der Waals surface area contributed by atoms with Crippen molar-refractivity contribution in [2.24, 2.45) is 0 Å². The SMILES string of the molecule is CNc1ccc(S(=O)(=O)N2Cc3ccccc3C2)cc1. The third kappa shape index (κ3) is 2.19. The molecule has 0 bridgehead atoms. The van der Waals surface area contributed by atoms with Crippen molar-refractivity contribution in [2.45, 2.75) is 18.0 Å². The number of sulfonamides is 1. The van der Waals surface area contributed by atoms with Crippen LogP contribution in [-0.2, 0) is 23.1 Å². The van der Waals surface area contributed by atoms with Crippen molar-refractivity contribution in [1.29, 1.82) is 0 Å². The van der Waals surface area contributed by atoms with Crippen LogP contribution in [0.25, 0.3) is 0 Å². The second-order valence-electron chi connectivity index (χ2n) is 4.82. The Labute approximate surface area is 119 Å². The number of anilines is 1. The molecule has 0 fully saturated rings. The van der Waals surface area contributed by atoms with Gasteiger partial charge in [0.05, 0.1) is 4.90 Å². The van der Waals surface area contributed by atoms with E-state index in [1.807, 2.05) is 24.3 Å². The summed E-state index contributed by atoms with van der Waals surface area (Å²) in [6.45, 7) is 0.901. The number of hydrogen-bond acceptors (Lipinski definition) is 3. The highest BCUT2D eigenvalue weighted by molar-refractivity contribution is 7.89. The quantitative estimate of drug-likeness (QED) is 0.943. The first kappa shape index (κ1) is 13.1. The minimum Gasteiger partial charge on any atom is -0.388 e. The van der Waals surface area contributed by atoms with Gasteiger partial charge in [0.15, 0.2) is 0 Å². The van der Waals surface area contributed by atoms with Crippen molar-refractivity contribution in [2.75, 3.05) is 12.4 Å². The van der Waals surface area contributed by atoms with Gasteiger partial charge in [0.25, 0.3) is 0 Å². The van der Waals surface area contributed by atoms with Crippen LogP contribution in [-0.4, -0.2) is 19.8 Å². The van der Waals surface area contributed by atoms with E-state index in [4.69, 9.17) is 0 Å². The fourth-order valence-electron chi connectivity index (χ4n) is 2.41. The van der Waals surface area contributed by atoms with E-state index in [2.05, 4.69) is 5.32 Å². The predicted molar refractivity (Wildman–Crippen MR) is 78.9 cm³/mol. The summed E-state index contributed by atoms with van der Waals surface area (Å²) in [4.78, 5) is 0.337. The van der Waals surface area contributed by atoms with E-state index in [0.717, 1.165) is 16.8 Å². The summed E-state index contributed by atoms with van der Waals surface area (Å²) >= 11 is 0.